The van der Waals surface area contributed by atoms with Crippen molar-refractivity contribution < 1.29 is 18.9 Å². The molecule has 0 saturated carbocycles. The first-order chi connectivity index (χ1) is 10.4. The van der Waals surface area contributed by atoms with Crippen molar-refractivity contribution in [1.82, 2.24) is 0 Å². The molecule has 0 radical (unpaired) electrons. The van der Waals surface area contributed by atoms with Crippen LogP contribution in [0.25, 0.3) is 0 Å². The Morgan fingerprint density at radius 3 is 0.864 bits per heavy atom. The molecule has 0 aromatic rings. The van der Waals surface area contributed by atoms with Crippen molar-refractivity contribution in [3.63, 3.8) is 0 Å². The van der Waals surface area contributed by atoms with Crippen LogP contribution in [0.2, 0.25) is 0 Å². The highest BCUT2D eigenvalue weighted by Gasteiger charge is 1.97. The third-order valence-electron chi connectivity index (χ3n) is 3.20. The van der Waals surface area contributed by atoms with E-state index < -0.39 is 0 Å². The summed E-state index contributed by atoms with van der Waals surface area (Å²) < 4.78 is 19.5. The van der Waals surface area contributed by atoms with Crippen LogP contribution in [-0.4, -0.2) is 54.9 Å². The van der Waals surface area contributed by atoms with Gasteiger partial charge in [0.05, 0.1) is 13.2 Å². The predicted molar refractivity (Wildman–Crippen MR) is 95.6 cm³/mol. The highest BCUT2D eigenvalue weighted by Crippen LogP contribution is 1.98. The largest absolute Gasteiger partial charge is 0.384 e. The number of hydrogen-bond donors (Lipinski definition) is 0. The van der Waals surface area contributed by atoms with Gasteiger partial charge in [-0.25, -0.2) is 0 Å². The molecule has 0 N–H and O–H groups in total. The standard InChI is InChI=1S/C6H14O2.2C6H14O/c1-6(4-7-2)5-8-3;2*1-4-6(2)5-7-3/h6H,4-5H2,1-3H3;2*6H,4-5H2,1-3H3. The number of hydrogen-bond acceptors (Lipinski definition) is 4. The fraction of sp³-hybridized carbons (Fsp3) is 1.00. The fourth-order valence-corrected chi connectivity index (χ4v) is 1.42. The normalized spacial score (nSPS) is 12.8. The first kappa shape index (κ1) is 26.7. The van der Waals surface area contributed by atoms with Crippen molar-refractivity contribution >= 4 is 0 Å². The third kappa shape index (κ3) is 28.1. The van der Waals surface area contributed by atoms with Gasteiger partial charge in [-0.2, -0.15) is 0 Å². The molecular weight excluding hydrogens is 280 g/mol. The second-order valence-electron chi connectivity index (χ2n) is 5.95. The molecule has 0 aromatic heterocycles. The van der Waals surface area contributed by atoms with E-state index in [1.807, 2.05) is 0 Å². The van der Waals surface area contributed by atoms with Crippen LogP contribution < -0.4 is 0 Å². The van der Waals surface area contributed by atoms with Crippen LogP contribution in [-0.2, 0) is 18.9 Å². The summed E-state index contributed by atoms with van der Waals surface area (Å²) in [5.41, 5.74) is 0. The van der Waals surface area contributed by atoms with Crippen LogP contribution in [0.15, 0.2) is 0 Å². The lowest BCUT2D eigenvalue weighted by Gasteiger charge is -2.06. The summed E-state index contributed by atoms with van der Waals surface area (Å²) in [4.78, 5) is 0. The van der Waals surface area contributed by atoms with Crippen LogP contribution in [0.4, 0.5) is 0 Å². The Kier molecular flexibility index (Phi) is 28.1. The summed E-state index contributed by atoms with van der Waals surface area (Å²) >= 11 is 0. The van der Waals surface area contributed by atoms with Gasteiger partial charge >= 0.3 is 0 Å². The Bertz CT molecular complexity index is 158. The first-order valence-electron chi connectivity index (χ1n) is 8.38. The minimum Gasteiger partial charge on any atom is -0.384 e. The molecule has 4 nitrogen and oxygen atoms in total. The van der Waals surface area contributed by atoms with E-state index >= 15 is 0 Å². The minimum absolute atomic E-state index is 0.519. The lowest BCUT2D eigenvalue weighted by Crippen LogP contribution is -2.09. The summed E-state index contributed by atoms with van der Waals surface area (Å²) in [5.74, 6) is 1.97. The Labute approximate surface area is 139 Å². The number of ether oxygens (including phenoxy) is 4. The summed E-state index contributed by atoms with van der Waals surface area (Å²) in [5, 5.41) is 0. The lowest BCUT2D eigenvalue weighted by atomic mass is 10.1. The molecule has 0 spiro atoms. The van der Waals surface area contributed by atoms with E-state index in [0.717, 1.165) is 38.3 Å². The van der Waals surface area contributed by atoms with Gasteiger partial charge in [-0.1, -0.05) is 47.5 Å². The zero-order chi connectivity index (χ0) is 17.8. The van der Waals surface area contributed by atoms with Gasteiger partial charge in [0.15, 0.2) is 0 Å². The molecule has 2 atom stereocenters. The predicted octanol–water partition coefficient (Wildman–Crippen LogP) is 4.27. The Morgan fingerprint density at radius 2 is 0.727 bits per heavy atom. The first-order valence-corrected chi connectivity index (χ1v) is 8.38. The molecule has 0 aliphatic rings. The molecular formula is C18H42O4. The highest BCUT2D eigenvalue weighted by molar-refractivity contribution is 4.45. The monoisotopic (exact) mass is 322 g/mol. The van der Waals surface area contributed by atoms with Gasteiger partial charge < -0.3 is 18.9 Å². The second-order valence-corrected chi connectivity index (χ2v) is 5.95. The smallest absolute Gasteiger partial charge is 0.0509 e. The maximum Gasteiger partial charge on any atom is 0.0509 e. The van der Waals surface area contributed by atoms with Gasteiger partial charge in [0.1, 0.15) is 0 Å². The molecule has 0 heterocycles. The quantitative estimate of drug-likeness (QED) is 0.602. The SMILES string of the molecule is CCC(C)COC.CCC(C)COC.COCC(C)COC. The maximum absolute atomic E-state index is 4.89. The van der Waals surface area contributed by atoms with Gasteiger partial charge in [-0.05, 0) is 11.8 Å². The van der Waals surface area contributed by atoms with Gasteiger partial charge in [0, 0.05) is 47.6 Å². The van der Waals surface area contributed by atoms with E-state index in [1.165, 1.54) is 12.8 Å². The van der Waals surface area contributed by atoms with Crippen LogP contribution in [0.5, 0.6) is 0 Å². The molecule has 0 saturated heterocycles. The zero-order valence-corrected chi connectivity index (χ0v) is 16.6. The van der Waals surface area contributed by atoms with Gasteiger partial charge in [0.2, 0.25) is 0 Å². The Morgan fingerprint density at radius 1 is 0.500 bits per heavy atom. The van der Waals surface area contributed by atoms with Crippen LogP contribution in [0, 0.1) is 17.8 Å². The van der Waals surface area contributed by atoms with E-state index in [4.69, 9.17) is 18.9 Å². The average molecular weight is 323 g/mol. The second kappa shape index (κ2) is 23.1. The molecule has 2 unspecified atom stereocenters. The van der Waals surface area contributed by atoms with Crippen molar-refractivity contribution in [2.24, 2.45) is 17.8 Å². The van der Waals surface area contributed by atoms with Crippen molar-refractivity contribution in [2.75, 3.05) is 54.9 Å². The van der Waals surface area contributed by atoms with E-state index in [1.54, 1.807) is 28.4 Å². The molecule has 0 aliphatic carbocycles. The molecule has 0 aromatic carbocycles. The number of methoxy groups -OCH3 is 4. The summed E-state index contributed by atoms with van der Waals surface area (Å²) in [6.45, 7) is 14.2. The fourth-order valence-electron chi connectivity index (χ4n) is 1.42. The molecule has 0 bridgehead atoms. The molecule has 22 heavy (non-hydrogen) atoms. The Balaban J connectivity index is -0.000000247. The van der Waals surface area contributed by atoms with E-state index in [9.17, 15) is 0 Å². The molecule has 0 fully saturated rings. The number of rotatable bonds is 10. The van der Waals surface area contributed by atoms with E-state index in [2.05, 4.69) is 34.6 Å². The van der Waals surface area contributed by atoms with Crippen molar-refractivity contribution in [2.45, 2.75) is 47.5 Å². The molecule has 0 aliphatic heterocycles. The minimum atomic E-state index is 0.519. The van der Waals surface area contributed by atoms with Gasteiger partial charge in [0.25, 0.3) is 0 Å². The van der Waals surface area contributed by atoms with Gasteiger partial charge in [-0.3, -0.25) is 0 Å². The zero-order valence-electron chi connectivity index (χ0n) is 16.6. The Hall–Kier alpha value is -0.160. The van der Waals surface area contributed by atoms with Crippen molar-refractivity contribution in [3.8, 4) is 0 Å². The molecule has 138 valence electrons. The third-order valence-corrected chi connectivity index (χ3v) is 3.20. The maximum atomic E-state index is 4.89. The highest BCUT2D eigenvalue weighted by atomic mass is 16.5. The van der Waals surface area contributed by atoms with Crippen LogP contribution in [0.3, 0.4) is 0 Å². The van der Waals surface area contributed by atoms with E-state index in [-0.39, 0.29) is 0 Å². The summed E-state index contributed by atoms with van der Waals surface area (Å²) in [7, 11) is 6.89. The van der Waals surface area contributed by atoms with Crippen LogP contribution in [0.1, 0.15) is 47.5 Å². The van der Waals surface area contributed by atoms with E-state index in [0.29, 0.717) is 5.92 Å². The summed E-state index contributed by atoms with van der Waals surface area (Å²) in [6.07, 6.45) is 2.43. The van der Waals surface area contributed by atoms with Crippen LogP contribution >= 0.6 is 0 Å². The van der Waals surface area contributed by atoms with Crippen molar-refractivity contribution in [1.29, 1.82) is 0 Å². The lowest BCUT2D eigenvalue weighted by molar-refractivity contribution is 0.0933. The topological polar surface area (TPSA) is 36.9 Å². The summed E-state index contributed by atoms with van der Waals surface area (Å²) in [6, 6.07) is 0. The molecule has 0 rings (SSSR count). The van der Waals surface area contributed by atoms with Gasteiger partial charge in [-0.15, -0.1) is 0 Å². The molecule has 0 amide bonds. The van der Waals surface area contributed by atoms with Crippen molar-refractivity contribution in [3.05, 3.63) is 0 Å². The average Bonchev–Trinajstić information content (AvgIpc) is 2.49. The molecule has 4 heteroatoms.